The normalized spacial score (nSPS) is 15.4. The third-order valence-electron chi connectivity index (χ3n) is 2.25. The summed E-state index contributed by atoms with van der Waals surface area (Å²) in [6.07, 6.45) is 1.74. The van der Waals surface area contributed by atoms with Crippen molar-refractivity contribution in [3.8, 4) is 0 Å². The fourth-order valence-electron chi connectivity index (χ4n) is 1.47. The molecule has 0 aromatic heterocycles. The average Bonchev–Trinajstić information content (AvgIpc) is 2.30. The molecule has 0 aliphatic carbocycles. The molecule has 0 unspecified atom stereocenters. The third-order valence-corrected chi connectivity index (χ3v) is 2.25. The van der Waals surface area contributed by atoms with Gasteiger partial charge in [0.2, 0.25) is 0 Å². The number of rotatable bonds is 2. The molecule has 1 N–H and O–H groups in total. The number of ketones is 1. The minimum absolute atomic E-state index is 0.0926. The lowest BCUT2D eigenvalue weighted by molar-refractivity contribution is -0.130. The van der Waals surface area contributed by atoms with E-state index < -0.39 is 11.8 Å². The highest BCUT2D eigenvalue weighted by Crippen LogP contribution is 2.20. The zero-order valence-electron chi connectivity index (χ0n) is 8.38. The lowest BCUT2D eigenvalue weighted by Gasteiger charge is -2.09. The molecule has 0 bridgehead atoms. The van der Waals surface area contributed by atoms with Crippen LogP contribution in [0, 0.1) is 0 Å². The van der Waals surface area contributed by atoms with Gasteiger partial charge in [-0.1, -0.05) is 36.4 Å². The largest absolute Gasteiger partial charge is 0.476 e. The van der Waals surface area contributed by atoms with E-state index in [1.165, 1.54) is 0 Å². The first-order chi connectivity index (χ1) is 7.68. The Morgan fingerprint density at radius 2 is 1.94 bits per heavy atom. The zero-order valence-corrected chi connectivity index (χ0v) is 8.38. The first kappa shape index (κ1) is 10.3. The fraction of sp³-hybridized carbons (Fsp3) is 0.0833. The van der Waals surface area contributed by atoms with Gasteiger partial charge < -0.3 is 5.11 Å². The average molecular weight is 215 g/mol. The fourth-order valence-corrected chi connectivity index (χ4v) is 1.47. The van der Waals surface area contributed by atoms with Crippen molar-refractivity contribution in [2.24, 2.45) is 4.99 Å². The SMILES string of the molecule is O=C(O)C1=NC(c2ccccc2)=CCC1=O. The van der Waals surface area contributed by atoms with Crippen LogP contribution < -0.4 is 0 Å². The van der Waals surface area contributed by atoms with Crippen molar-refractivity contribution in [2.75, 3.05) is 0 Å². The molecular formula is C12H9NO3. The Balaban J connectivity index is 2.39. The van der Waals surface area contributed by atoms with Gasteiger partial charge in [-0.15, -0.1) is 0 Å². The van der Waals surface area contributed by atoms with Gasteiger partial charge in [0, 0.05) is 6.42 Å². The quantitative estimate of drug-likeness (QED) is 0.813. The number of carbonyl (C=O) groups excluding carboxylic acids is 1. The monoisotopic (exact) mass is 215 g/mol. The van der Waals surface area contributed by atoms with Crippen LogP contribution in [-0.2, 0) is 9.59 Å². The number of hydrogen-bond acceptors (Lipinski definition) is 3. The summed E-state index contributed by atoms with van der Waals surface area (Å²) in [5.74, 6) is -1.72. The molecule has 80 valence electrons. The first-order valence-electron chi connectivity index (χ1n) is 4.79. The van der Waals surface area contributed by atoms with Gasteiger partial charge in [0.15, 0.2) is 11.5 Å². The van der Waals surface area contributed by atoms with Crippen LogP contribution in [0.1, 0.15) is 12.0 Å². The van der Waals surface area contributed by atoms with Crippen molar-refractivity contribution in [2.45, 2.75) is 6.42 Å². The van der Waals surface area contributed by atoms with Crippen molar-refractivity contribution in [1.82, 2.24) is 0 Å². The molecule has 4 nitrogen and oxygen atoms in total. The molecule has 0 radical (unpaired) electrons. The van der Waals surface area contributed by atoms with Crippen LogP contribution in [-0.4, -0.2) is 22.6 Å². The van der Waals surface area contributed by atoms with E-state index in [0.717, 1.165) is 5.56 Å². The summed E-state index contributed by atoms with van der Waals surface area (Å²) in [6.45, 7) is 0. The molecule has 1 aliphatic heterocycles. The number of aliphatic carboxylic acids is 1. The molecule has 1 aromatic carbocycles. The molecule has 1 heterocycles. The third kappa shape index (κ3) is 1.91. The predicted octanol–water partition coefficient (Wildman–Crippen LogP) is 1.53. The van der Waals surface area contributed by atoms with Crippen LogP contribution >= 0.6 is 0 Å². The summed E-state index contributed by atoms with van der Waals surface area (Å²) in [5, 5.41) is 8.79. The molecule has 1 aromatic rings. The highest BCUT2D eigenvalue weighted by Gasteiger charge is 2.22. The van der Waals surface area contributed by atoms with Gasteiger partial charge in [-0.05, 0) is 5.56 Å². The summed E-state index contributed by atoms with van der Waals surface area (Å²) in [6, 6.07) is 9.18. The standard InChI is InChI=1S/C12H9NO3/c14-10-7-6-9(13-11(10)12(15)16)8-4-2-1-3-5-8/h1-6H,7H2,(H,15,16). The van der Waals surface area contributed by atoms with Gasteiger partial charge >= 0.3 is 5.97 Å². The van der Waals surface area contributed by atoms with Gasteiger partial charge in [0.25, 0.3) is 0 Å². The van der Waals surface area contributed by atoms with Crippen molar-refractivity contribution in [3.63, 3.8) is 0 Å². The number of carbonyl (C=O) groups is 2. The summed E-state index contributed by atoms with van der Waals surface area (Å²) < 4.78 is 0. The maximum atomic E-state index is 11.3. The molecule has 0 saturated heterocycles. The second-order valence-electron chi connectivity index (χ2n) is 3.35. The molecule has 0 amide bonds. The van der Waals surface area contributed by atoms with E-state index in [2.05, 4.69) is 4.99 Å². The van der Waals surface area contributed by atoms with Crippen LogP contribution in [0.5, 0.6) is 0 Å². The number of allylic oxidation sites excluding steroid dienone is 1. The van der Waals surface area contributed by atoms with Crippen LogP contribution in [0.25, 0.3) is 5.70 Å². The van der Waals surface area contributed by atoms with E-state index in [4.69, 9.17) is 5.11 Å². The maximum absolute atomic E-state index is 11.3. The number of carboxylic acids is 1. The van der Waals surface area contributed by atoms with Crippen molar-refractivity contribution >= 4 is 23.2 Å². The van der Waals surface area contributed by atoms with Crippen molar-refractivity contribution in [3.05, 3.63) is 42.0 Å². The van der Waals surface area contributed by atoms with Gasteiger partial charge in [0.05, 0.1) is 5.70 Å². The predicted molar refractivity (Wildman–Crippen MR) is 59.1 cm³/mol. The molecule has 2 rings (SSSR count). The molecule has 1 aliphatic rings. The lowest BCUT2D eigenvalue weighted by atomic mass is 10.0. The number of carboxylic acid groups (broad SMARTS) is 1. The van der Waals surface area contributed by atoms with Gasteiger partial charge in [-0.25, -0.2) is 9.79 Å². The topological polar surface area (TPSA) is 66.7 Å². The number of aliphatic imine (C=N–C) groups is 1. The molecule has 4 heteroatoms. The minimum Gasteiger partial charge on any atom is -0.476 e. The van der Waals surface area contributed by atoms with E-state index >= 15 is 0 Å². The van der Waals surface area contributed by atoms with Gasteiger partial charge in [-0.2, -0.15) is 0 Å². The van der Waals surface area contributed by atoms with E-state index in [-0.39, 0.29) is 12.1 Å². The van der Waals surface area contributed by atoms with E-state index in [9.17, 15) is 9.59 Å². The molecular weight excluding hydrogens is 206 g/mol. The molecule has 0 saturated carbocycles. The van der Waals surface area contributed by atoms with E-state index in [0.29, 0.717) is 5.70 Å². The zero-order chi connectivity index (χ0) is 11.5. The Labute approximate surface area is 91.9 Å². The number of Topliss-reactive ketones (excluding diaryl/α,β-unsaturated/α-hetero) is 1. The van der Waals surface area contributed by atoms with Crippen LogP contribution in [0.2, 0.25) is 0 Å². The van der Waals surface area contributed by atoms with Crippen LogP contribution in [0.3, 0.4) is 0 Å². The van der Waals surface area contributed by atoms with Crippen molar-refractivity contribution in [1.29, 1.82) is 0 Å². The highest BCUT2D eigenvalue weighted by molar-refractivity contribution is 6.65. The lowest BCUT2D eigenvalue weighted by Crippen LogP contribution is -2.25. The second-order valence-corrected chi connectivity index (χ2v) is 3.35. The van der Waals surface area contributed by atoms with Crippen LogP contribution in [0.15, 0.2) is 41.4 Å². The molecule has 0 fully saturated rings. The summed E-state index contributed by atoms with van der Waals surface area (Å²) in [5.41, 5.74) is 0.965. The van der Waals surface area contributed by atoms with Crippen molar-refractivity contribution < 1.29 is 14.7 Å². The van der Waals surface area contributed by atoms with E-state index in [1.54, 1.807) is 6.08 Å². The number of hydrogen-bond donors (Lipinski definition) is 1. The molecule has 0 spiro atoms. The summed E-state index contributed by atoms with van der Waals surface area (Å²) in [7, 11) is 0. The Morgan fingerprint density at radius 1 is 1.25 bits per heavy atom. The Morgan fingerprint density at radius 3 is 2.56 bits per heavy atom. The molecule has 16 heavy (non-hydrogen) atoms. The van der Waals surface area contributed by atoms with Gasteiger partial charge in [0.1, 0.15) is 0 Å². The van der Waals surface area contributed by atoms with E-state index in [1.807, 2.05) is 30.3 Å². The number of benzene rings is 1. The summed E-state index contributed by atoms with van der Waals surface area (Å²) >= 11 is 0. The summed E-state index contributed by atoms with van der Waals surface area (Å²) in [4.78, 5) is 25.9. The van der Waals surface area contributed by atoms with Crippen LogP contribution in [0.4, 0.5) is 0 Å². The smallest absolute Gasteiger partial charge is 0.358 e. The maximum Gasteiger partial charge on any atom is 0.358 e. The van der Waals surface area contributed by atoms with Gasteiger partial charge in [-0.3, -0.25) is 4.79 Å². The molecule has 0 atom stereocenters. The Hall–Kier alpha value is -2.23. The minimum atomic E-state index is -1.27. The first-order valence-corrected chi connectivity index (χ1v) is 4.79. The number of nitrogens with zero attached hydrogens (tertiary/aromatic N) is 1. The Kier molecular flexibility index (Phi) is 2.64. The highest BCUT2D eigenvalue weighted by atomic mass is 16.4. The Bertz CT molecular complexity index is 500. The second kappa shape index (κ2) is 4.10.